The molecule has 2 aromatic rings. The molecule has 1 aromatic heterocycles. The predicted octanol–water partition coefficient (Wildman–Crippen LogP) is 2.40. The lowest BCUT2D eigenvalue weighted by atomic mass is 10.1. The van der Waals surface area contributed by atoms with E-state index in [4.69, 9.17) is 10.5 Å². The van der Waals surface area contributed by atoms with Gasteiger partial charge in [-0.3, -0.25) is 4.68 Å². The summed E-state index contributed by atoms with van der Waals surface area (Å²) in [6.07, 6.45) is 3.80. The lowest BCUT2D eigenvalue weighted by Gasteiger charge is -2.11. The molecule has 4 nitrogen and oxygen atoms in total. The van der Waals surface area contributed by atoms with Crippen LogP contribution in [-0.4, -0.2) is 23.1 Å². The molecule has 0 unspecified atom stereocenters. The number of nitrogens with zero attached hydrogens (tertiary/aromatic N) is 2. The van der Waals surface area contributed by atoms with Crippen LogP contribution in [0.3, 0.4) is 0 Å². The van der Waals surface area contributed by atoms with Crippen molar-refractivity contribution < 1.29 is 4.74 Å². The Labute approximate surface area is 105 Å². The third kappa shape index (κ3) is 1.98. The van der Waals surface area contributed by atoms with Gasteiger partial charge in [0.05, 0.1) is 18.2 Å². The van der Waals surface area contributed by atoms with E-state index in [1.165, 1.54) is 0 Å². The number of nitrogens with two attached hydrogens (primary N) is 1. The monoisotopic (exact) mass is 249 g/mol. The molecule has 0 aliphatic carbocycles. The van der Waals surface area contributed by atoms with Crippen molar-refractivity contribution in [2.45, 2.75) is 4.90 Å². The van der Waals surface area contributed by atoms with Crippen LogP contribution in [0, 0.1) is 0 Å². The second kappa shape index (κ2) is 4.71. The largest absolute Gasteiger partial charge is 0.496 e. The second-order valence-corrected chi connectivity index (χ2v) is 4.42. The van der Waals surface area contributed by atoms with Gasteiger partial charge < -0.3 is 10.5 Å². The molecular formula is C12H15N3OS. The van der Waals surface area contributed by atoms with E-state index in [9.17, 15) is 0 Å². The Morgan fingerprint density at radius 1 is 1.35 bits per heavy atom. The minimum absolute atomic E-state index is 0.661. The van der Waals surface area contributed by atoms with Crippen LogP contribution < -0.4 is 10.5 Å². The van der Waals surface area contributed by atoms with Crippen molar-refractivity contribution in [3.05, 3.63) is 24.4 Å². The topological polar surface area (TPSA) is 53.1 Å². The Morgan fingerprint density at radius 2 is 2.12 bits per heavy atom. The summed E-state index contributed by atoms with van der Waals surface area (Å²) in [5, 5.41) is 4.17. The first-order chi connectivity index (χ1) is 8.19. The van der Waals surface area contributed by atoms with E-state index in [0.717, 1.165) is 21.8 Å². The molecule has 17 heavy (non-hydrogen) atoms. The Morgan fingerprint density at radius 3 is 2.65 bits per heavy atom. The summed E-state index contributed by atoms with van der Waals surface area (Å²) in [4.78, 5) is 1.08. The number of hydrogen-bond acceptors (Lipinski definition) is 4. The van der Waals surface area contributed by atoms with Crippen LogP contribution in [0.1, 0.15) is 0 Å². The molecule has 1 aromatic carbocycles. The number of aromatic nitrogens is 2. The van der Waals surface area contributed by atoms with Gasteiger partial charge in [-0.15, -0.1) is 11.8 Å². The first-order valence-corrected chi connectivity index (χ1v) is 6.40. The number of nitrogen functional groups attached to an aromatic ring is 1. The summed E-state index contributed by atoms with van der Waals surface area (Å²) in [7, 11) is 3.50. The minimum Gasteiger partial charge on any atom is -0.496 e. The highest BCUT2D eigenvalue weighted by Crippen LogP contribution is 2.39. The number of thioether (sulfide) groups is 1. The molecule has 0 bridgehead atoms. The molecule has 0 saturated heterocycles. The third-order valence-corrected chi connectivity index (χ3v) is 3.51. The number of benzene rings is 1. The van der Waals surface area contributed by atoms with Gasteiger partial charge in [-0.25, -0.2) is 0 Å². The number of hydrogen-bond donors (Lipinski definition) is 1. The SMILES string of the molecule is COc1cccc(-c2cnn(C)c2N)c1SC. The van der Waals surface area contributed by atoms with Gasteiger partial charge in [0.2, 0.25) is 0 Å². The van der Waals surface area contributed by atoms with E-state index < -0.39 is 0 Å². The highest BCUT2D eigenvalue weighted by Gasteiger charge is 2.14. The van der Waals surface area contributed by atoms with Gasteiger partial charge in [0.25, 0.3) is 0 Å². The summed E-state index contributed by atoms with van der Waals surface area (Å²) in [5.74, 6) is 1.52. The average Bonchev–Trinajstić information content (AvgIpc) is 2.69. The minimum atomic E-state index is 0.661. The van der Waals surface area contributed by atoms with E-state index in [1.54, 1.807) is 29.8 Å². The Kier molecular flexibility index (Phi) is 3.28. The Bertz CT molecular complexity index is 537. The Hall–Kier alpha value is -1.62. The van der Waals surface area contributed by atoms with Gasteiger partial charge in [-0.1, -0.05) is 12.1 Å². The highest BCUT2D eigenvalue weighted by atomic mass is 32.2. The van der Waals surface area contributed by atoms with E-state index in [0.29, 0.717) is 5.82 Å². The number of aryl methyl sites for hydroxylation is 1. The average molecular weight is 249 g/mol. The van der Waals surface area contributed by atoms with Crippen molar-refractivity contribution in [3.63, 3.8) is 0 Å². The van der Waals surface area contributed by atoms with Crippen LogP contribution in [0.5, 0.6) is 5.75 Å². The van der Waals surface area contributed by atoms with Crippen molar-refractivity contribution in [1.29, 1.82) is 0 Å². The van der Waals surface area contributed by atoms with Crippen molar-refractivity contribution in [3.8, 4) is 16.9 Å². The fourth-order valence-corrected chi connectivity index (χ4v) is 2.50. The number of ether oxygens (including phenoxy) is 1. The molecule has 0 aliphatic heterocycles. The number of anilines is 1. The molecule has 0 atom stereocenters. The van der Waals surface area contributed by atoms with Crippen LogP contribution in [0.15, 0.2) is 29.3 Å². The number of rotatable bonds is 3. The zero-order chi connectivity index (χ0) is 12.4. The molecule has 0 radical (unpaired) electrons. The van der Waals surface area contributed by atoms with Crippen molar-refractivity contribution >= 4 is 17.6 Å². The van der Waals surface area contributed by atoms with Crippen LogP contribution in [-0.2, 0) is 7.05 Å². The molecule has 5 heteroatoms. The standard InChI is InChI=1S/C12H15N3OS/c1-15-12(13)9(7-14-15)8-5-4-6-10(16-2)11(8)17-3/h4-7H,13H2,1-3H3. The number of methoxy groups -OCH3 is 1. The zero-order valence-electron chi connectivity index (χ0n) is 10.1. The molecule has 0 fully saturated rings. The normalized spacial score (nSPS) is 10.5. The first-order valence-electron chi connectivity index (χ1n) is 5.18. The van der Waals surface area contributed by atoms with Crippen molar-refractivity contribution in [2.75, 3.05) is 19.1 Å². The van der Waals surface area contributed by atoms with Gasteiger partial charge in [0.1, 0.15) is 11.6 Å². The maximum absolute atomic E-state index is 6.00. The molecule has 2 rings (SSSR count). The van der Waals surface area contributed by atoms with Gasteiger partial charge in [0.15, 0.2) is 0 Å². The van der Waals surface area contributed by atoms with E-state index >= 15 is 0 Å². The maximum atomic E-state index is 6.00. The van der Waals surface area contributed by atoms with Gasteiger partial charge in [-0.2, -0.15) is 5.10 Å². The first kappa shape index (κ1) is 11.9. The molecular weight excluding hydrogens is 234 g/mol. The highest BCUT2D eigenvalue weighted by molar-refractivity contribution is 7.98. The van der Waals surface area contributed by atoms with E-state index in [-0.39, 0.29) is 0 Å². The third-order valence-electron chi connectivity index (χ3n) is 2.68. The lowest BCUT2D eigenvalue weighted by molar-refractivity contribution is 0.405. The van der Waals surface area contributed by atoms with Gasteiger partial charge >= 0.3 is 0 Å². The van der Waals surface area contributed by atoms with Gasteiger partial charge in [0, 0.05) is 18.2 Å². The fraction of sp³-hybridized carbons (Fsp3) is 0.250. The lowest BCUT2D eigenvalue weighted by Crippen LogP contribution is -1.98. The van der Waals surface area contributed by atoms with Crippen molar-refractivity contribution in [2.24, 2.45) is 7.05 Å². The molecule has 0 amide bonds. The van der Waals surface area contributed by atoms with Crippen LogP contribution in [0.2, 0.25) is 0 Å². The van der Waals surface area contributed by atoms with Crippen LogP contribution >= 0.6 is 11.8 Å². The molecule has 1 heterocycles. The van der Waals surface area contributed by atoms with Crippen LogP contribution in [0.25, 0.3) is 11.1 Å². The molecule has 90 valence electrons. The molecule has 0 aliphatic rings. The van der Waals surface area contributed by atoms with E-state index in [2.05, 4.69) is 5.10 Å². The van der Waals surface area contributed by atoms with Crippen molar-refractivity contribution in [1.82, 2.24) is 9.78 Å². The second-order valence-electron chi connectivity index (χ2n) is 3.61. The molecule has 0 spiro atoms. The zero-order valence-corrected chi connectivity index (χ0v) is 10.9. The summed E-state index contributed by atoms with van der Waals surface area (Å²) < 4.78 is 7.02. The smallest absolute Gasteiger partial charge is 0.133 e. The summed E-state index contributed by atoms with van der Waals surface area (Å²) in [6.45, 7) is 0. The quantitative estimate of drug-likeness (QED) is 0.849. The summed E-state index contributed by atoms with van der Waals surface area (Å²) in [5.41, 5.74) is 8.00. The maximum Gasteiger partial charge on any atom is 0.133 e. The fourth-order valence-electron chi connectivity index (χ4n) is 1.75. The summed E-state index contributed by atoms with van der Waals surface area (Å²) in [6, 6.07) is 5.93. The summed E-state index contributed by atoms with van der Waals surface area (Å²) >= 11 is 1.64. The van der Waals surface area contributed by atoms with E-state index in [1.807, 2.05) is 31.5 Å². The van der Waals surface area contributed by atoms with Gasteiger partial charge in [-0.05, 0) is 12.3 Å². The molecule has 0 saturated carbocycles. The Balaban J connectivity index is 2.63. The predicted molar refractivity (Wildman–Crippen MR) is 71.4 cm³/mol. The van der Waals surface area contributed by atoms with Crippen LogP contribution in [0.4, 0.5) is 5.82 Å². The molecule has 2 N–H and O–H groups in total.